The molecule has 0 heterocycles. The van der Waals surface area contributed by atoms with Gasteiger partial charge in [-0.1, -0.05) is 46.8 Å². The molecule has 1 heteroatoms. The first-order chi connectivity index (χ1) is 8.90. The number of hydrogen-bond donors (Lipinski definition) is 0. The molecule has 0 bridgehead atoms. The van der Waals surface area contributed by atoms with Crippen molar-refractivity contribution in [3.05, 3.63) is 29.3 Å². The van der Waals surface area contributed by atoms with Gasteiger partial charge < -0.3 is 4.74 Å². The highest BCUT2D eigenvalue weighted by Crippen LogP contribution is 2.34. The summed E-state index contributed by atoms with van der Waals surface area (Å²) in [5.41, 5.74) is 2.70. The van der Waals surface area contributed by atoms with Crippen molar-refractivity contribution < 1.29 is 4.74 Å². The van der Waals surface area contributed by atoms with Crippen molar-refractivity contribution in [1.82, 2.24) is 0 Å². The van der Waals surface area contributed by atoms with Gasteiger partial charge in [0.2, 0.25) is 0 Å². The minimum Gasteiger partial charge on any atom is -0.496 e. The summed E-state index contributed by atoms with van der Waals surface area (Å²) in [4.78, 5) is 0. The molecule has 1 aromatic rings. The highest BCUT2D eigenvalue weighted by atomic mass is 16.5. The van der Waals surface area contributed by atoms with Crippen LogP contribution in [0.25, 0.3) is 0 Å². The molecule has 1 unspecified atom stereocenters. The van der Waals surface area contributed by atoms with E-state index in [2.05, 4.69) is 64.7 Å². The number of methoxy groups -OCH3 is 1. The Bertz CT molecular complexity index is 469. The average molecular weight is 258 g/mol. The zero-order chi connectivity index (χ0) is 14.5. The Kier molecular flexibility index (Phi) is 5.48. The van der Waals surface area contributed by atoms with E-state index in [1.54, 1.807) is 7.11 Å². The number of benzene rings is 1. The molecule has 0 amide bonds. The van der Waals surface area contributed by atoms with Crippen molar-refractivity contribution in [3.8, 4) is 17.6 Å². The van der Waals surface area contributed by atoms with E-state index in [-0.39, 0.29) is 5.41 Å². The summed E-state index contributed by atoms with van der Waals surface area (Å²) in [5, 5.41) is 0. The third kappa shape index (κ3) is 4.31. The lowest BCUT2D eigenvalue weighted by atomic mass is 9.83. The van der Waals surface area contributed by atoms with E-state index < -0.39 is 0 Å². The molecule has 0 N–H and O–H groups in total. The van der Waals surface area contributed by atoms with Crippen molar-refractivity contribution in [2.45, 2.75) is 58.8 Å². The summed E-state index contributed by atoms with van der Waals surface area (Å²) in [7, 11) is 1.74. The lowest BCUT2D eigenvalue weighted by molar-refractivity contribution is 0.397. The van der Waals surface area contributed by atoms with Gasteiger partial charge in [0.1, 0.15) is 5.75 Å². The lowest BCUT2D eigenvalue weighted by Gasteiger charge is -2.24. The number of ether oxygens (including phenoxy) is 1. The van der Waals surface area contributed by atoms with E-state index >= 15 is 0 Å². The SMILES string of the molecule is CCC#CCC(C)c1ccc(OC)c(C(C)(C)C)c1. The normalized spacial score (nSPS) is 12.5. The molecule has 1 aromatic carbocycles. The van der Waals surface area contributed by atoms with Crippen molar-refractivity contribution in [1.29, 1.82) is 0 Å². The van der Waals surface area contributed by atoms with Gasteiger partial charge in [0, 0.05) is 12.8 Å². The first kappa shape index (κ1) is 15.6. The third-order valence-electron chi connectivity index (χ3n) is 3.31. The van der Waals surface area contributed by atoms with Crippen LogP contribution in [0, 0.1) is 11.8 Å². The van der Waals surface area contributed by atoms with Crippen LogP contribution in [0.1, 0.15) is 64.5 Å². The standard InChI is InChI=1S/C18H26O/c1-7-8-9-10-14(2)15-11-12-17(19-6)16(13-15)18(3,4)5/h11-14H,7,10H2,1-6H3. The maximum Gasteiger partial charge on any atom is 0.122 e. The summed E-state index contributed by atoms with van der Waals surface area (Å²) in [6.45, 7) is 11.0. The molecule has 19 heavy (non-hydrogen) atoms. The molecule has 0 aliphatic rings. The van der Waals surface area contributed by atoms with E-state index in [1.165, 1.54) is 11.1 Å². The quantitative estimate of drug-likeness (QED) is 0.701. The summed E-state index contributed by atoms with van der Waals surface area (Å²) >= 11 is 0. The largest absolute Gasteiger partial charge is 0.496 e. The van der Waals surface area contributed by atoms with Gasteiger partial charge >= 0.3 is 0 Å². The molecule has 0 spiro atoms. The van der Waals surface area contributed by atoms with E-state index in [1.807, 2.05) is 0 Å². The molecule has 0 aromatic heterocycles. The fourth-order valence-corrected chi connectivity index (χ4v) is 2.09. The van der Waals surface area contributed by atoms with Crippen LogP contribution < -0.4 is 4.74 Å². The minimum absolute atomic E-state index is 0.0934. The second-order valence-electron chi connectivity index (χ2n) is 6.02. The van der Waals surface area contributed by atoms with E-state index in [9.17, 15) is 0 Å². The maximum absolute atomic E-state index is 5.48. The van der Waals surface area contributed by atoms with E-state index in [0.29, 0.717) is 5.92 Å². The van der Waals surface area contributed by atoms with Gasteiger partial charge in [-0.2, -0.15) is 0 Å². The maximum atomic E-state index is 5.48. The molecule has 0 aliphatic carbocycles. The molecule has 0 radical (unpaired) electrons. The predicted molar refractivity (Wildman–Crippen MR) is 82.8 cm³/mol. The van der Waals surface area contributed by atoms with E-state index in [4.69, 9.17) is 4.74 Å². The van der Waals surface area contributed by atoms with Gasteiger partial charge in [-0.15, -0.1) is 11.8 Å². The summed E-state index contributed by atoms with van der Waals surface area (Å²) < 4.78 is 5.48. The highest BCUT2D eigenvalue weighted by Gasteiger charge is 2.20. The van der Waals surface area contributed by atoms with Gasteiger partial charge in [-0.3, -0.25) is 0 Å². The lowest BCUT2D eigenvalue weighted by Crippen LogP contribution is -2.13. The van der Waals surface area contributed by atoms with Crippen molar-refractivity contribution in [2.24, 2.45) is 0 Å². The number of rotatable bonds is 3. The van der Waals surface area contributed by atoms with Gasteiger partial charge in [-0.05, 0) is 28.5 Å². The van der Waals surface area contributed by atoms with Crippen LogP contribution in [0.5, 0.6) is 5.75 Å². The second kappa shape index (κ2) is 6.66. The molecule has 0 saturated carbocycles. The van der Waals surface area contributed by atoms with Gasteiger partial charge in [-0.25, -0.2) is 0 Å². The second-order valence-corrected chi connectivity index (χ2v) is 6.02. The first-order valence-electron chi connectivity index (χ1n) is 7.04. The molecule has 104 valence electrons. The average Bonchev–Trinajstić information content (AvgIpc) is 2.37. The Hall–Kier alpha value is -1.42. The van der Waals surface area contributed by atoms with Crippen LogP contribution in [0.4, 0.5) is 0 Å². The Morgan fingerprint density at radius 1 is 1.21 bits per heavy atom. The topological polar surface area (TPSA) is 9.23 Å². The predicted octanol–water partition coefficient (Wildman–Crippen LogP) is 4.90. The summed E-state index contributed by atoms with van der Waals surface area (Å²) in [5.74, 6) is 7.82. The zero-order valence-corrected chi connectivity index (χ0v) is 13.1. The van der Waals surface area contributed by atoms with Crippen LogP contribution in [0.3, 0.4) is 0 Å². The Morgan fingerprint density at radius 3 is 2.42 bits per heavy atom. The third-order valence-corrected chi connectivity index (χ3v) is 3.31. The Balaban J connectivity index is 3.04. The van der Waals surface area contributed by atoms with Gasteiger partial charge in [0.15, 0.2) is 0 Å². The van der Waals surface area contributed by atoms with Crippen LogP contribution in [-0.4, -0.2) is 7.11 Å². The molecule has 0 aliphatic heterocycles. The van der Waals surface area contributed by atoms with Crippen molar-refractivity contribution >= 4 is 0 Å². The molecule has 1 atom stereocenters. The Labute approximate surface area is 118 Å². The number of hydrogen-bond acceptors (Lipinski definition) is 1. The fourth-order valence-electron chi connectivity index (χ4n) is 2.09. The van der Waals surface area contributed by atoms with Gasteiger partial charge in [0.25, 0.3) is 0 Å². The monoisotopic (exact) mass is 258 g/mol. The molecular weight excluding hydrogens is 232 g/mol. The highest BCUT2D eigenvalue weighted by molar-refractivity contribution is 5.42. The molecule has 0 saturated heterocycles. The zero-order valence-electron chi connectivity index (χ0n) is 13.1. The van der Waals surface area contributed by atoms with Crippen molar-refractivity contribution in [2.75, 3.05) is 7.11 Å². The Morgan fingerprint density at radius 2 is 1.89 bits per heavy atom. The van der Waals surface area contributed by atoms with E-state index in [0.717, 1.165) is 18.6 Å². The molecule has 0 fully saturated rings. The van der Waals surface area contributed by atoms with Gasteiger partial charge in [0.05, 0.1) is 7.11 Å². The first-order valence-corrected chi connectivity index (χ1v) is 7.04. The molecular formula is C18H26O. The molecule has 1 rings (SSSR count). The van der Waals surface area contributed by atoms with Crippen LogP contribution in [-0.2, 0) is 5.41 Å². The summed E-state index contributed by atoms with van der Waals surface area (Å²) in [6.07, 6.45) is 1.85. The fraction of sp³-hybridized carbons (Fsp3) is 0.556. The van der Waals surface area contributed by atoms with Crippen LogP contribution in [0.2, 0.25) is 0 Å². The summed E-state index contributed by atoms with van der Waals surface area (Å²) in [6, 6.07) is 6.52. The van der Waals surface area contributed by atoms with Crippen molar-refractivity contribution in [3.63, 3.8) is 0 Å². The minimum atomic E-state index is 0.0934. The van der Waals surface area contributed by atoms with Crippen LogP contribution >= 0.6 is 0 Å². The molecule has 1 nitrogen and oxygen atoms in total. The smallest absolute Gasteiger partial charge is 0.122 e. The van der Waals surface area contributed by atoms with Crippen LogP contribution in [0.15, 0.2) is 18.2 Å².